The lowest BCUT2D eigenvalue weighted by atomic mass is 10.1. The molecule has 18 heavy (non-hydrogen) atoms. The summed E-state index contributed by atoms with van der Waals surface area (Å²) in [5, 5.41) is 12.5. The summed E-state index contributed by atoms with van der Waals surface area (Å²) < 4.78 is 2.17. The van der Waals surface area contributed by atoms with E-state index in [4.69, 9.17) is 5.11 Å². The van der Waals surface area contributed by atoms with Crippen molar-refractivity contribution in [2.75, 3.05) is 19.7 Å². The number of aliphatic hydroxyl groups excluding tert-OH is 1. The standard InChI is InChI=1S/C13H18N4O/c18-7-4-12-16-11-2-1-5-15-13(11)17(12)9-10-3-6-14-8-10/h1-2,5,10,14,18H,3-4,6-9H2. The fourth-order valence-corrected chi connectivity index (χ4v) is 2.62. The second kappa shape index (κ2) is 5.04. The number of pyridine rings is 1. The molecule has 0 spiro atoms. The Kier molecular flexibility index (Phi) is 3.25. The van der Waals surface area contributed by atoms with Crippen molar-refractivity contribution in [2.45, 2.75) is 19.4 Å². The van der Waals surface area contributed by atoms with Gasteiger partial charge in [0, 0.05) is 19.2 Å². The van der Waals surface area contributed by atoms with Gasteiger partial charge in [-0.2, -0.15) is 0 Å². The molecule has 3 rings (SSSR count). The van der Waals surface area contributed by atoms with Gasteiger partial charge >= 0.3 is 0 Å². The van der Waals surface area contributed by atoms with E-state index < -0.39 is 0 Å². The maximum Gasteiger partial charge on any atom is 0.159 e. The Hall–Kier alpha value is -1.46. The quantitative estimate of drug-likeness (QED) is 0.828. The average Bonchev–Trinajstić information content (AvgIpc) is 3.00. The van der Waals surface area contributed by atoms with Crippen molar-refractivity contribution >= 4 is 11.2 Å². The van der Waals surface area contributed by atoms with Crippen LogP contribution >= 0.6 is 0 Å². The predicted octanol–water partition coefficient (Wildman–Crippen LogP) is 0.576. The Morgan fingerprint density at radius 2 is 2.44 bits per heavy atom. The zero-order valence-electron chi connectivity index (χ0n) is 10.3. The van der Waals surface area contributed by atoms with Crippen LogP contribution in [0.2, 0.25) is 0 Å². The van der Waals surface area contributed by atoms with E-state index in [2.05, 4.69) is 19.9 Å². The van der Waals surface area contributed by atoms with Crippen LogP contribution in [0.25, 0.3) is 11.2 Å². The number of aromatic nitrogens is 3. The molecular formula is C13H18N4O. The van der Waals surface area contributed by atoms with Gasteiger partial charge in [-0.3, -0.25) is 0 Å². The van der Waals surface area contributed by atoms with Crippen LogP contribution in [0.3, 0.4) is 0 Å². The first-order valence-corrected chi connectivity index (χ1v) is 6.50. The smallest absolute Gasteiger partial charge is 0.159 e. The molecular weight excluding hydrogens is 228 g/mol. The van der Waals surface area contributed by atoms with E-state index in [0.717, 1.165) is 36.6 Å². The zero-order chi connectivity index (χ0) is 12.4. The molecule has 5 nitrogen and oxygen atoms in total. The molecule has 2 aromatic rings. The molecule has 0 aromatic carbocycles. The molecule has 0 saturated carbocycles. The summed E-state index contributed by atoms with van der Waals surface area (Å²) in [4.78, 5) is 8.99. The minimum atomic E-state index is 0.131. The largest absolute Gasteiger partial charge is 0.396 e. The van der Waals surface area contributed by atoms with Crippen LogP contribution in [0.1, 0.15) is 12.2 Å². The Balaban J connectivity index is 1.97. The van der Waals surface area contributed by atoms with E-state index in [1.54, 1.807) is 6.20 Å². The molecule has 96 valence electrons. The van der Waals surface area contributed by atoms with Gasteiger partial charge in [0.05, 0.1) is 6.61 Å². The van der Waals surface area contributed by atoms with Gasteiger partial charge in [0.25, 0.3) is 0 Å². The van der Waals surface area contributed by atoms with Crippen LogP contribution in [0.4, 0.5) is 0 Å². The Labute approximate surface area is 106 Å². The second-order valence-electron chi connectivity index (χ2n) is 4.82. The van der Waals surface area contributed by atoms with Gasteiger partial charge in [-0.1, -0.05) is 0 Å². The lowest BCUT2D eigenvalue weighted by Gasteiger charge is -2.12. The lowest BCUT2D eigenvalue weighted by molar-refractivity contribution is 0.293. The number of hydrogen-bond donors (Lipinski definition) is 2. The molecule has 1 aliphatic heterocycles. The molecule has 0 amide bonds. The molecule has 1 fully saturated rings. The van der Waals surface area contributed by atoms with Crippen LogP contribution in [-0.4, -0.2) is 39.3 Å². The third-order valence-electron chi connectivity index (χ3n) is 3.52. The molecule has 1 saturated heterocycles. The SMILES string of the molecule is OCCc1nc2cccnc2n1CC1CCNC1. The molecule has 1 aliphatic rings. The monoisotopic (exact) mass is 246 g/mol. The zero-order valence-corrected chi connectivity index (χ0v) is 10.3. The summed E-state index contributed by atoms with van der Waals surface area (Å²) in [5.74, 6) is 1.58. The van der Waals surface area contributed by atoms with E-state index in [0.29, 0.717) is 12.3 Å². The molecule has 1 unspecified atom stereocenters. The molecule has 0 radical (unpaired) electrons. The van der Waals surface area contributed by atoms with Crippen molar-refractivity contribution in [3.05, 3.63) is 24.2 Å². The number of aliphatic hydroxyl groups is 1. The van der Waals surface area contributed by atoms with Gasteiger partial charge in [0.2, 0.25) is 0 Å². The summed E-state index contributed by atoms with van der Waals surface area (Å²) in [6, 6.07) is 3.88. The van der Waals surface area contributed by atoms with Gasteiger partial charge in [-0.05, 0) is 37.6 Å². The highest BCUT2D eigenvalue weighted by atomic mass is 16.3. The fraction of sp³-hybridized carbons (Fsp3) is 0.538. The van der Waals surface area contributed by atoms with Crippen LogP contribution < -0.4 is 5.32 Å². The van der Waals surface area contributed by atoms with Gasteiger partial charge < -0.3 is 15.0 Å². The van der Waals surface area contributed by atoms with Crippen LogP contribution in [0.5, 0.6) is 0 Å². The third-order valence-corrected chi connectivity index (χ3v) is 3.52. The Bertz CT molecular complexity index is 531. The summed E-state index contributed by atoms with van der Waals surface area (Å²) in [5.41, 5.74) is 1.86. The molecule has 3 heterocycles. The maximum atomic E-state index is 9.14. The normalized spacial score (nSPS) is 19.7. The van der Waals surface area contributed by atoms with Crippen LogP contribution in [0, 0.1) is 5.92 Å². The molecule has 5 heteroatoms. The predicted molar refractivity (Wildman–Crippen MR) is 69.3 cm³/mol. The minimum Gasteiger partial charge on any atom is -0.396 e. The number of fused-ring (bicyclic) bond motifs is 1. The van der Waals surface area contributed by atoms with Crippen LogP contribution in [0.15, 0.2) is 18.3 Å². The number of rotatable bonds is 4. The summed E-state index contributed by atoms with van der Waals surface area (Å²) in [7, 11) is 0. The van der Waals surface area contributed by atoms with Crippen molar-refractivity contribution in [3.8, 4) is 0 Å². The minimum absolute atomic E-state index is 0.131. The highest BCUT2D eigenvalue weighted by Gasteiger charge is 2.19. The summed E-state index contributed by atoms with van der Waals surface area (Å²) >= 11 is 0. The lowest BCUT2D eigenvalue weighted by Crippen LogP contribution is -2.17. The van der Waals surface area contributed by atoms with Crippen molar-refractivity contribution < 1.29 is 5.11 Å². The average molecular weight is 246 g/mol. The van der Waals surface area contributed by atoms with Crippen molar-refractivity contribution in [3.63, 3.8) is 0 Å². The Morgan fingerprint density at radius 1 is 1.50 bits per heavy atom. The first kappa shape index (κ1) is 11.6. The molecule has 0 aliphatic carbocycles. The molecule has 2 aromatic heterocycles. The second-order valence-corrected chi connectivity index (χ2v) is 4.82. The van der Waals surface area contributed by atoms with Crippen molar-refractivity contribution in [1.29, 1.82) is 0 Å². The van der Waals surface area contributed by atoms with Gasteiger partial charge in [-0.15, -0.1) is 0 Å². The van der Waals surface area contributed by atoms with Crippen molar-refractivity contribution in [2.24, 2.45) is 5.92 Å². The molecule has 1 atom stereocenters. The van der Waals surface area contributed by atoms with E-state index in [1.165, 1.54) is 6.42 Å². The summed E-state index contributed by atoms with van der Waals surface area (Å²) in [6.07, 6.45) is 3.59. The highest BCUT2D eigenvalue weighted by molar-refractivity contribution is 5.71. The third kappa shape index (κ3) is 2.11. The van der Waals surface area contributed by atoms with Crippen LogP contribution in [-0.2, 0) is 13.0 Å². The fourth-order valence-electron chi connectivity index (χ4n) is 2.62. The van der Waals surface area contributed by atoms with E-state index in [1.807, 2.05) is 12.1 Å². The van der Waals surface area contributed by atoms with Gasteiger partial charge in [0.15, 0.2) is 5.65 Å². The van der Waals surface area contributed by atoms with Gasteiger partial charge in [0.1, 0.15) is 11.3 Å². The number of imidazole rings is 1. The van der Waals surface area contributed by atoms with E-state index in [-0.39, 0.29) is 6.61 Å². The number of nitrogens with one attached hydrogen (secondary N) is 1. The first-order chi connectivity index (χ1) is 8.88. The molecule has 0 bridgehead atoms. The van der Waals surface area contributed by atoms with Crippen molar-refractivity contribution in [1.82, 2.24) is 19.9 Å². The maximum absolute atomic E-state index is 9.14. The summed E-state index contributed by atoms with van der Waals surface area (Å²) in [6.45, 7) is 3.23. The number of hydrogen-bond acceptors (Lipinski definition) is 4. The topological polar surface area (TPSA) is 63.0 Å². The first-order valence-electron chi connectivity index (χ1n) is 6.50. The van der Waals surface area contributed by atoms with E-state index >= 15 is 0 Å². The van der Waals surface area contributed by atoms with Gasteiger partial charge in [-0.25, -0.2) is 9.97 Å². The number of nitrogens with zero attached hydrogens (tertiary/aromatic N) is 3. The van der Waals surface area contributed by atoms with E-state index in [9.17, 15) is 0 Å². The molecule has 2 N–H and O–H groups in total. The Morgan fingerprint density at radius 3 is 3.22 bits per heavy atom. The highest BCUT2D eigenvalue weighted by Crippen LogP contribution is 2.18.